The van der Waals surface area contributed by atoms with E-state index in [-0.39, 0.29) is 0 Å². The average Bonchev–Trinajstić information content (AvgIpc) is 4.22. The Labute approximate surface area is 425 Å². The zero-order valence-corrected chi connectivity index (χ0v) is 41.3. The topological polar surface area (TPSA) is 59.0 Å². The summed E-state index contributed by atoms with van der Waals surface area (Å²) >= 11 is 0. The normalized spacial score (nSPS) is 12.3. The summed E-state index contributed by atoms with van der Waals surface area (Å²) in [7, 11) is 0. The van der Waals surface area contributed by atoms with Crippen LogP contribution in [0.2, 0.25) is 0 Å². The van der Waals surface area contributed by atoms with E-state index in [0.717, 1.165) is 143 Å². The van der Waals surface area contributed by atoms with Crippen LogP contribution in [0.15, 0.2) is 224 Å². The lowest BCUT2D eigenvalue weighted by molar-refractivity contribution is 0.664. The monoisotopic (exact) mass is 956 g/mol. The Hall–Kier alpha value is -9.26. The van der Waals surface area contributed by atoms with Gasteiger partial charge in [-0.15, -0.1) is 0 Å². The van der Waals surface area contributed by atoms with Crippen LogP contribution in [0.1, 0.15) is 50.7 Å². The molecule has 0 spiro atoms. The molecule has 0 aliphatic carbocycles. The van der Waals surface area contributed by atoms with Gasteiger partial charge in [-0.3, -0.25) is 0 Å². The number of furan rings is 4. The Balaban J connectivity index is 0.847. The van der Waals surface area contributed by atoms with Crippen LogP contribution >= 0.6 is 0 Å². The summed E-state index contributed by atoms with van der Waals surface area (Å²) in [6, 6.07) is 73.5. The van der Waals surface area contributed by atoms with Gasteiger partial charge >= 0.3 is 0 Å². The molecule has 0 bridgehead atoms. The number of hydrogen-bond acceptors (Lipinski definition) is 6. The lowest BCUT2D eigenvalue weighted by Gasteiger charge is -2.29. The molecular formula is C68H48N2O4. The minimum atomic E-state index is 0.300. The van der Waals surface area contributed by atoms with Gasteiger partial charge in [0, 0.05) is 65.8 Å². The van der Waals surface area contributed by atoms with Crippen LogP contribution in [0, 0.1) is 0 Å². The highest BCUT2D eigenvalue weighted by molar-refractivity contribution is 6.19. The third kappa shape index (κ3) is 6.44. The second-order valence-corrected chi connectivity index (χ2v) is 20.4. The van der Waals surface area contributed by atoms with Crippen LogP contribution in [0.5, 0.6) is 0 Å². The molecule has 11 aromatic carbocycles. The molecule has 4 aromatic heterocycles. The SMILES string of the molecule is CC(C)c1ccccc1N(c1ccc2cc3c(cc2c1)oc1cc2c(cc13)oc1cc3cc(N(c4ccccc4C(C)C)c4cccc5c4oc4ccccc45)ccc3cc12)c1cccc2c1oc1ccccc12. The molecule has 4 heterocycles. The molecule has 0 aliphatic rings. The van der Waals surface area contributed by atoms with Gasteiger partial charge < -0.3 is 27.5 Å². The third-order valence-corrected chi connectivity index (χ3v) is 15.3. The fourth-order valence-electron chi connectivity index (χ4n) is 11.8. The van der Waals surface area contributed by atoms with Gasteiger partial charge in [-0.25, -0.2) is 0 Å². The Kier molecular flexibility index (Phi) is 9.24. The van der Waals surface area contributed by atoms with Crippen molar-refractivity contribution in [3.63, 3.8) is 0 Å². The maximum atomic E-state index is 6.80. The van der Waals surface area contributed by atoms with Crippen LogP contribution in [-0.4, -0.2) is 0 Å². The molecule has 0 saturated carbocycles. The number of hydrogen-bond donors (Lipinski definition) is 0. The molecule has 0 N–H and O–H groups in total. The molecule has 74 heavy (non-hydrogen) atoms. The Morgan fingerprint density at radius 3 is 1.11 bits per heavy atom. The number of rotatable bonds is 8. The second kappa shape index (κ2) is 16.1. The molecule has 6 nitrogen and oxygen atoms in total. The first-order chi connectivity index (χ1) is 36.3. The highest BCUT2D eigenvalue weighted by Gasteiger charge is 2.25. The summed E-state index contributed by atoms with van der Waals surface area (Å²) in [5, 5.41) is 12.9. The largest absolute Gasteiger partial charge is 0.456 e. The van der Waals surface area contributed by atoms with Crippen molar-refractivity contribution in [2.24, 2.45) is 0 Å². The van der Waals surface area contributed by atoms with E-state index < -0.39 is 0 Å². The van der Waals surface area contributed by atoms with Crippen molar-refractivity contribution in [2.75, 3.05) is 9.80 Å². The van der Waals surface area contributed by atoms with E-state index >= 15 is 0 Å². The van der Waals surface area contributed by atoms with Gasteiger partial charge in [0.1, 0.15) is 33.5 Å². The molecule has 0 atom stereocenters. The van der Waals surface area contributed by atoms with Crippen molar-refractivity contribution in [3.05, 3.63) is 217 Å². The predicted octanol–water partition coefficient (Wildman–Crippen LogP) is 20.8. The predicted molar refractivity (Wildman–Crippen MR) is 308 cm³/mol. The van der Waals surface area contributed by atoms with E-state index in [1.165, 1.54) is 11.1 Å². The first-order valence-corrected chi connectivity index (χ1v) is 25.6. The van der Waals surface area contributed by atoms with E-state index in [1.54, 1.807) is 0 Å². The first-order valence-electron chi connectivity index (χ1n) is 25.6. The highest BCUT2D eigenvalue weighted by atomic mass is 16.3. The molecular weight excluding hydrogens is 909 g/mol. The smallest absolute Gasteiger partial charge is 0.159 e. The van der Waals surface area contributed by atoms with Crippen molar-refractivity contribution in [2.45, 2.75) is 39.5 Å². The summed E-state index contributed by atoms with van der Waals surface area (Å²) in [6.07, 6.45) is 0. The summed E-state index contributed by atoms with van der Waals surface area (Å²) in [6.45, 7) is 9.01. The lowest BCUT2D eigenvalue weighted by atomic mass is 9.98. The summed E-state index contributed by atoms with van der Waals surface area (Å²) < 4.78 is 26.9. The van der Waals surface area contributed by atoms with Crippen LogP contribution in [0.3, 0.4) is 0 Å². The van der Waals surface area contributed by atoms with Crippen molar-refractivity contribution in [3.8, 4) is 0 Å². The van der Waals surface area contributed by atoms with Gasteiger partial charge in [0.05, 0.1) is 11.4 Å². The zero-order chi connectivity index (χ0) is 49.3. The van der Waals surface area contributed by atoms with Crippen LogP contribution in [0.25, 0.3) is 109 Å². The fraction of sp³-hybridized carbons (Fsp3) is 0.0882. The number of benzene rings is 11. The number of para-hydroxylation sites is 6. The molecule has 0 fully saturated rings. The van der Waals surface area contributed by atoms with Gasteiger partial charge in [-0.2, -0.15) is 0 Å². The maximum absolute atomic E-state index is 6.80. The third-order valence-electron chi connectivity index (χ3n) is 15.3. The van der Waals surface area contributed by atoms with Gasteiger partial charge in [-0.05, 0) is 142 Å². The van der Waals surface area contributed by atoms with Gasteiger partial charge in [-0.1, -0.05) is 137 Å². The van der Waals surface area contributed by atoms with Crippen LogP contribution < -0.4 is 9.80 Å². The molecule has 0 aliphatic heterocycles. The summed E-state index contributed by atoms with van der Waals surface area (Å²) in [4.78, 5) is 4.72. The number of anilines is 6. The van der Waals surface area contributed by atoms with Crippen molar-refractivity contribution in [1.82, 2.24) is 0 Å². The van der Waals surface area contributed by atoms with Crippen molar-refractivity contribution < 1.29 is 17.7 Å². The molecule has 15 rings (SSSR count). The van der Waals surface area contributed by atoms with Gasteiger partial charge in [0.2, 0.25) is 0 Å². The van der Waals surface area contributed by atoms with Crippen LogP contribution in [0.4, 0.5) is 34.1 Å². The van der Waals surface area contributed by atoms with Crippen molar-refractivity contribution >= 4 is 143 Å². The summed E-state index contributed by atoms with van der Waals surface area (Å²) in [5.74, 6) is 0.599. The van der Waals surface area contributed by atoms with Gasteiger partial charge in [0.15, 0.2) is 11.2 Å². The quantitative estimate of drug-likeness (QED) is 0.151. The van der Waals surface area contributed by atoms with Crippen molar-refractivity contribution in [1.29, 1.82) is 0 Å². The highest BCUT2D eigenvalue weighted by Crippen LogP contribution is 2.48. The minimum Gasteiger partial charge on any atom is -0.456 e. The number of nitrogens with zero attached hydrogens (tertiary/aromatic N) is 2. The number of fused-ring (bicyclic) bond motifs is 14. The van der Waals surface area contributed by atoms with Crippen LogP contribution in [-0.2, 0) is 0 Å². The molecule has 6 heteroatoms. The molecule has 15 aromatic rings. The minimum absolute atomic E-state index is 0.300. The second-order valence-electron chi connectivity index (χ2n) is 20.4. The Bertz CT molecular complexity index is 4470. The molecule has 354 valence electrons. The average molecular weight is 957 g/mol. The maximum Gasteiger partial charge on any atom is 0.159 e. The molecule has 0 radical (unpaired) electrons. The zero-order valence-electron chi connectivity index (χ0n) is 41.3. The Morgan fingerprint density at radius 2 is 0.649 bits per heavy atom. The molecule has 0 saturated heterocycles. The van der Waals surface area contributed by atoms with E-state index in [4.69, 9.17) is 17.7 Å². The first kappa shape index (κ1) is 42.4. The molecule has 0 amide bonds. The standard InChI is InChI=1S/C68H48N2O4/c1-39(2)47-15-5-9-21-57(47)69(59-23-13-19-51-49-17-7-11-25-61(49)73-67(51)59)45-29-27-41-33-53-55-37-66-56(38-65(55)71-63(53)35-43(41)31-45)54-34-42-28-30-46(32-44(42)36-64(54)72-66)70(58-22-10-6-16-48(58)40(3)4)60-24-14-20-52-50-18-8-12-26-62(50)74-68(52)60/h5-40H,1-4H3. The van der Waals surface area contributed by atoms with E-state index in [1.807, 2.05) is 24.3 Å². The van der Waals surface area contributed by atoms with E-state index in [0.29, 0.717) is 11.8 Å². The Morgan fingerprint density at radius 1 is 0.270 bits per heavy atom. The van der Waals surface area contributed by atoms with Gasteiger partial charge in [0.25, 0.3) is 0 Å². The fourth-order valence-corrected chi connectivity index (χ4v) is 11.8. The lowest BCUT2D eigenvalue weighted by Crippen LogP contribution is -2.13. The molecule has 0 unspecified atom stereocenters. The van der Waals surface area contributed by atoms with E-state index in [9.17, 15) is 0 Å². The summed E-state index contributed by atoms with van der Waals surface area (Å²) in [5.41, 5.74) is 15.6. The van der Waals surface area contributed by atoms with E-state index in [2.05, 4.69) is 219 Å².